The van der Waals surface area contributed by atoms with E-state index in [1.54, 1.807) is 0 Å². The molecule has 2 rings (SSSR count). The van der Waals surface area contributed by atoms with Gasteiger partial charge in [-0.3, -0.25) is 9.59 Å². The standard InChI is InChI=1S/C13H16N2O6/c1-6(2)3-15-8(16)5-14-4-7(13(20)21)10(17)11(18)9(14)12(15)19/h4,6,8,16,18H,3,5H2,1-2H3,(H,20,21). The predicted octanol–water partition coefficient (Wildman–Crippen LogP) is -0.318. The number of aromatic hydroxyl groups is 1. The normalized spacial score (nSPS) is 18.0. The Labute approximate surface area is 119 Å². The molecule has 0 aliphatic carbocycles. The van der Waals surface area contributed by atoms with E-state index in [4.69, 9.17) is 5.11 Å². The molecule has 1 aliphatic rings. The first-order valence-corrected chi connectivity index (χ1v) is 6.42. The summed E-state index contributed by atoms with van der Waals surface area (Å²) in [6, 6.07) is 0. The van der Waals surface area contributed by atoms with Gasteiger partial charge in [-0.15, -0.1) is 0 Å². The highest BCUT2D eigenvalue weighted by molar-refractivity contribution is 5.97. The van der Waals surface area contributed by atoms with Gasteiger partial charge >= 0.3 is 5.97 Å². The number of carbonyl (C=O) groups is 2. The molecule has 0 saturated heterocycles. The van der Waals surface area contributed by atoms with Gasteiger partial charge in [-0.1, -0.05) is 13.8 Å². The van der Waals surface area contributed by atoms with E-state index in [0.29, 0.717) is 0 Å². The topological polar surface area (TPSA) is 120 Å². The Kier molecular flexibility index (Phi) is 3.73. The van der Waals surface area contributed by atoms with Crippen LogP contribution in [0.4, 0.5) is 0 Å². The number of rotatable bonds is 3. The van der Waals surface area contributed by atoms with E-state index in [-0.39, 0.29) is 24.7 Å². The molecule has 8 nitrogen and oxygen atoms in total. The van der Waals surface area contributed by atoms with Crippen molar-refractivity contribution >= 4 is 11.9 Å². The van der Waals surface area contributed by atoms with Gasteiger partial charge in [0.05, 0.1) is 6.54 Å². The minimum Gasteiger partial charge on any atom is -0.503 e. The molecule has 0 aromatic carbocycles. The Bertz CT molecular complexity index is 663. The quantitative estimate of drug-likeness (QED) is 0.703. The van der Waals surface area contributed by atoms with E-state index in [1.165, 1.54) is 0 Å². The molecule has 3 N–H and O–H groups in total. The number of carbonyl (C=O) groups excluding carboxylic acids is 1. The van der Waals surface area contributed by atoms with Gasteiger partial charge in [0.2, 0.25) is 5.43 Å². The maximum absolute atomic E-state index is 12.3. The van der Waals surface area contributed by atoms with Crippen molar-refractivity contribution in [2.45, 2.75) is 26.6 Å². The van der Waals surface area contributed by atoms with Gasteiger partial charge in [-0.25, -0.2) is 4.79 Å². The molecule has 0 saturated carbocycles. The van der Waals surface area contributed by atoms with Crippen LogP contribution in [0.25, 0.3) is 0 Å². The first kappa shape index (κ1) is 15.0. The zero-order chi connectivity index (χ0) is 15.9. The second-order valence-electron chi connectivity index (χ2n) is 5.36. The molecule has 1 aliphatic heterocycles. The number of hydrogen-bond acceptors (Lipinski definition) is 5. The van der Waals surface area contributed by atoms with Crippen LogP contribution in [0.15, 0.2) is 11.0 Å². The number of carboxylic acids is 1. The Hall–Kier alpha value is -2.35. The van der Waals surface area contributed by atoms with Gasteiger partial charge in [0, 0.05) is 12.7 Å². The summed E-state index contributed by atoms with van der Waals surface area (Å²) in [7, 11) is 0. The number of fused-ring (bicyclic) bond motifs is 1. The number of aliphatic hydroxyl groups is 1. The van der Waals surface area contributed by atoms with Crippen molar-refractivity contribution in [1.29, 1.82) is 0 Å². The first-order chi connectivity index (χ1) is 9.73. The lowest BCUT2D eigenvalue weighted by molar-refractivity contribution is -0.0169. The average Bonchev–Trinajstić information content (AvgIpc) is 2.37. The molecule has 1 atom stereocenters. The van der Waals surface area contributed by atoms with E-state index in [0.717, 1.165) is 15.7 Å². The molecule has 1 aromatic rings. The van der Waals surface area contributed by atoms with Crippen molar-refractivity contribution in [2.75, 3.05) is 6.54 Å². The van der Waals surface area contributed by atoms with Gasteiger partial charge in [0.1, 0.15) is 11.8 Å². The number of hydrogen-bond donors (Lipinski definition) is 3. The molecule has 0 radical (unpaired) electrons. The molecular weight excluding hydrogens is 280 g/mol. The largest absolute Gasteiger partial charge is 0.503 e. The SMILES string of the molecule is CC(C)CN1C(=O)c2c(O)c(=O)c(C(=O)O)cn2CC1O. The Morgan fingerprint density at radius 1 is 1.43 bits per heavy atom. The van der Waals surface area contributed by atoms with Gasteiger partial charge in [0.15, 0.2) is 11.4 Å². The number of nitrogens with zero attached hydrogens (tertiary/aromatic N) is 2. The molecular formula is C13H16N2O6. The second kappa shape index (κ2) is 5.21. The Balaban J connectivity index is 2.58. The number of aliphatic hydroxyl groups excluding tert-OH is 1. The lowest BCUT2D eigenvalue weighted by atomic mass is 10.1. The van der Waals surface area contributed by atoms with Crippen LogP contribution in [0, 0.1) is 5.92 Å². The third-order valence-corrected chi connectivity index (χ3v) is 3.23. The molecule has 0 fully saturated rings. The van der Waals surface area contributed by atoms with E-state index >= 15 is 0 Å². The molecule has 0 spiro atoms. The van der Waals surface area contributed by atoms with Crippen molar-refractivity contribution in [2.24, 2.45) is 5.92 Å². The third-order valence-electron chi connectivity index (χ3n) is 3.23. The van der Waals surface area contributed by atoms with Crippen LogP contribution in [-0.2, 0) is 6.54 Å². The monoisotopic (exact) mass is 296 g/mol. The van der Waals surface area contributed by atoms with E-state index in [2.05, 4.69) is 0 Å². The van der Waals surface area contributed by atoms with Crippen molar-refractivity contribution in [3.05, 3.63) is 27.7 Å². The van der Waals surface area contributed by atoms with Crippen LogP contribution in [0.1, 0.15) is 34.7 Å². The summed E-state index contributed by atoms with van der Waals surface area (Å²) < 4.78 is 1.10. The zero-order valence-electron chi connectivity index (χ0n) is 11.6. The van der Waals surface area contributed by atoms with Crippen LogP contribution < -0.4 is 5.43 Å². The molecule has 8 heteroatoms. The van der Waals surface area contributed by atoms with Crippen LogP contribution in [0.3, 0.4) is 0 Å². The van der Waals surface area contributed by atoms with Crippen LogP contribution in [0.5, 0.6) is 5.75 Å². The van der Waals surface area contributed by atoms with Crippen LogP contribution >= 0.6 is 0 Å². The smallest absolute Gasteiger partial charge is 0.341 e. The summed E-state index contributed by atoms with van der Waals surface area (Å²) in [5.74, 6) is -3.02. The average molecular weight is 296 g/mol. The van der Waals surface area contributed by atoms with Gasteiger partial charge < -0.3 is 24.8 Å². The summed E-state index contributed by atoms with van der Waals surface area (Å²) in [4.78, 5) is 36.2. The molecule has 2 heterocycles. The molecule has 0 bridgehead atoms. The number of carboxylic acid groups (broad SMARTS) is 1. The molecule has 114 valence electrons. The van der Waals surface area contributed by atoms with E-state index in [1.807, 2.05) is 13.8 Å². The van der Waals surface area contributed by atoms with Crippen molar-refractivity contribution in [3.63, 3.8) is 0 Å². The highest BCUT2D eigenvalue weighted by Crippen LogP contribution is 2.23. The number of amides is 1. The number of aromatic nitrogens is 1. The minimum absolute atomic E-state index is 0.0855. The summed E-state index contributed by atoms with van der Waals surface area (Å²) in [6.45, 7) is 3.86. The van der Waals surface area contributed by atoms with Gasteiger partial charge in [-0.2, -0.15) is 0 Å². The van der Waals surface area contributed by atoms with Crippen LogP contribution in [-0.4, -0.2) is 49.4 Å². The summed E-state index contributed by atoms with van der Waals surface area (Å²) >= 11 is 0. The molecule has 1 aromatic heterocycles. The van der Waals surface area contributed by atoms with Gasteiger partial charge in [0.25, 0.3) is 5.91 Å². The molecule has 1 unspecified atom stereocenters. The first-order valence-electron chi connectivity index (χ1n) is 6.42. The zero-order valence-corrected chi connectivity index (χ0v) is 11.6. The lowest BCUT2D eigenvalue weighted by Crippen LogP contribution is -2.50. The summed E-state index contributed by atoms with van der Waals surface area (Å²) in [5.41, 5.74) is -2.05. The minimum atomic E-state index is -1.50. The highest BCUT2D eigenvalue weighted by atomic mass is 16.4. The lowest BCUT2D eigenvalue weighted by Gasteiger charge is -2.35. The van der Waals surface area contributed by atoms with Gasteiger partial charge in [-0.05, 0) is 5.92 Å². The second-order valence-corrected chi connectivity index (χ2v) is 5.36. The Morgan fingerprint density at radius 2 is 2.05 bits per heavy atom. The fourth-order valence-corrected chi connectivity index (χ4v) is 2.31. The van der Waals surface area contributed by atoms with E-state index in [9.17, 15) is 24.6 Å². The number of aromatic carboxylic acids is 1. The third kappa shape index (κ3) is 2.49. The fraction of sp³-hybridized carbons (Fsp3) is 0.462. The number of pyridine rings is 1. The summed E-state index contributed by atoms with van der Waals surface area (Å²) in [6.07, 6.45) is -0.177. The maximum Gasteiger partial charge on any atom is 0.341 e. The van der Waals surface area contributed by atoms with Crippen molar-refractivity contribution in [3.8, 4) is 5.75 Å². The fourth-order valence-electron chi connectivity index (χ4n) is 2.31. The van der Waals surface area contributed by atoms with Crippen molar-refractivity contribution in [1.82, 2.24) is 9.47 Å². The highest BCUT2D eigenvalue weighted by Gasteiger charge is 2.35. The predicted molar refractivity (Wildman–Crippen MR) is 71.2 cm³/mol. The Morgan fingerprint density at radius 3 is 2.57 bits per heavy atom. The summed E-state index contributed by atoms with van der Waals surface area (Å²) in [5, 5.41) is 28.8. The van der Waals surface area contributed by atoms with Crippen molar-refractivity contribution < 1.29 is 24.9 Å². The maximum atomic E-state index is 12.3. The van der Waals surface area contributed by atoms with E-state index < -0.39 is 34.8 Å². The molecule has 21 heavy (non-hydrogen) atoms. The molecule has 1 amide bonds. The van der Waals surface area contributed by atoms with Crippen LogP contribution in [0.2, 0.25) is 0 Å².